The fourth-order valence-electron chi connectivity index (χ4n) is 6.28. The zero-order valence-electron chi connectivity index (χ0n) is 24.4. The van der Waals surface area contributed by atoms with Crippen molar-refractivity contribution in [3.63, 3.8) is 0 Å². The molecule has 0 spiro atoms. The van der Waals surface area contributed by atoms with Crippen LogP contribution in [0.3, 0.4) is 0 Å². The monoisotopic (exact) mass is 599 g/mol. The second kappa shape index (κ2) is 12.0. The van der Waals surface area contributed by atoms with Gasteiger partial charge in [-0.2, -0.15) is 10.6 Å². The Hall–Kier alpha value is -3.55. The first kappa shape index (κ1) is 29.9. The molecule has 2 atom stereocenters. The standard InChI is InChI=1S/C28H38ClN9O4/c1-27(2)16-37(14-24(40)36-9-6-19(7-10-36)38(17-39)35-34-30-4)23(15-42-27)26(41)33-21-11-18(29)12-28(3)20-5-8-31-13-22(20)32-25(21)28/h5,8,11,13,17,19,23,32H,6-7,9-10,12,14-16H2,1-4H3,(H,30,35)(H,33,41)/t23-,28?/m0/s1. The number of fused-ring (bicyclic) bond motifs is 3. The normalized spacial score (nSPS) is 25.8. The van der Waals surface area contributed by atoms with Gasteiger partial charge in [-0.15, -0.1) is 0 Å². The summed E-state index contributed by atoms with van der Waals surface area (Å²) in [5, 5.41) is 15.8. The van der Waals surface area contributed by atoms with Crippen molar-refractivity contribution in [2.45, 2.75) is 63.1 Å². The van der Waals surface area contributed by atoms with Gasteiger partial charge in [-0.25, -0.2) is 5.01 Å². The molecule has 4 aliphatic rings. The van der Waals surface area contributed by atoms with Crippen molar-refractivity contribution in [2.24, 2.45) is 10.3 Å². The number of hydrogen-bond donors (Lipinski definition) is 3. The highest BCUT2D eigenvalue weighted by Crippen LogP contribution is 2.50. The molecule has 13 nitrogen and oxygen atoms in total. The number of hydrazine groups is 1. The van der Waals surface area contributed by atoms with Crippen LogP contribution >= 0.6 is 11.6 Å². The van der Waals surface area contributed by atoms with Crippen molar-refractivity contribution >= 4 is 35.5 Å². The average Bonchev–Trinajstić information content (AvgIpc) is 3.25. The van der Waals surface area contributed by atoms with Crippen molar-refractivity contribution < 1.29 is 19.1 Å². The van der Waals surface area contributed by atoms with Gasteiger partial charge in [0, 0.05) is 36.3 Å². The van der Waals surface area contributed by atoms with Crippen LogP contribution < -0.4 is 16.2 Å². The molecule has 226 valence electrons. The van der Waals surface area contributed by atoms with E-state index in [4.69, 9.17) is 16.3 Å². The maximum absolute atomic E-state index is 13.8. The number of likely N-dealkylation sites (tertiary alicyclic amines) is 1. The van der Waals surface area contributed by atoms with Crippen molar-refractivity contribution in [1.29, 1.82) is 0 Å². The number of aromatic nitrogens is 1. The Kier molecular flexibility index (Phi) is 8.53. The Bertz CT molecular complexity index is 1320. The molecule has 2 saturated heterocycles. The highest BCUT2D eigenvalue weighted by Gasteiger charge is 2.45. The number of nitrogens with one attached hydrogen (secondary N) is 3. The molecule has 5 rings (SSSR count). The zero-order chi connectivity index (χ0) is 30.1. The third-order valence-corrected chi connectivity index (χ3v) is 8.70. The Labute approximate surface area is 250 Å². The van der Waals surface area contributed by atoms with E-state index in [0.29, 0.717) is 56.0 Å². The van der Waals surface area contributed by atoms with Crippen LogP contribution in [0.5, 0.6) is 0 Å². The van der Waals surface area contributed by atoms with Crippen LogP contribution in [0, 0.1) is 0 Å². The molecule has 0 aromatic carbocycles. The maximum atomic E-state index is 13.8. The number of anilines is 1. The first-order valence-corrected chi connectivity index (χ1v) is 14.5. The number of allylic oxidation sites excluding steroid dienone is 3. The number of morpholine rings is 1. The van der Waals surface area contributed by atoms with Gasteiger partial charge >= 0.3 is 0 Å². The highest BCUT2D eigenvalue weighted by atomic mass is 35.5. The van der Waals surface area contributed by atoms with Gasteiger partial charge in [0.15, 0.2) is 0 Å². The van der Waals surface area contributed by atoms with E-state index in [1.165, 1.54) is 12.1 Å². The average molecular weight is 600 g/mol. The van der Waals surface area contributed by atoms with E-state index in [1.54, 1.807) is 23.4 Å². The van der Waals surface area contributed by atoms with Gasteiger partial charge in [-0.1, -0.05) is 16.8 Å². The molecule has 2 fully saturated rings. The summed E-state index contributed by atoms with van der Waals surface area (Å²) in [4.78, 5) is 46.6. The van der Waals surface area contributed by atoms with Crippen LogP contribution in [-0.2, 0) is 24.5 Å². The summed E-state index contributed by atoms with van der Waals surface area (Å²) in [6.45, 7) is 7.61. The molecule has 4 heterocycles. The van der Waals surface area contributed by atoms with E-state index in [0.717, 1.165) is 16.9 Å². The van der Waals surface area contributed by atoms with Crippen LogP contribution in [0.1, 0.15) is 45.6 Å². The second-order valence-corrected chi connectivity index (χ2v) is 12.4. The van der Waals surface area contributed by atoms with Gasteiger partial charge < -0.3 is 20.3 Å². The second-order valence-electron chi connectivity index (χ2n) is 11.9. The van der Waals surface area contributed by atoms with Crippen LogP contribution in [-0.4, -0.2) is 95.5 Å². The van der Waals surface area contributed by atoms with E-state index in [-0.39, 0.29) is 31.0 Å². The maximum Gasteiger partial charge on any atom is 0.244 e. The summed E-state index contributed by atoms with van der Waals surface area (Å²) in [5.74, 6) is -0.337. The SMILES string of the molecule is CN=NNN(C=O)C1CCN(C(=O)CN2CC(C)(C)OC[C@H]2C(=O)NC2=C3Nc4cnccc4C3(C)CC(Cl)=C2)CC1. The lowest BCUT2D eigenvalue weighted by Gasteiger charge is -2.44. The molecule has 1 aromatic rings. The summed E-state index contributed by atoms with van der Waals surface area (Å²) in [6.07, 6.45) is 7.80. The summed E-state index contributed by atoms with van der Waals surface area (Å²) >= 11 is 6.60. The van der Waals surface area contributed by atoms with E-state index in [1.807, 2.05) is 24.8 Å². The van der Waals surface area contributed by atoms with Gasteiger partial charge in [0.05, 0.1) is 55.1 Å². The lowest BCUT2D eigenvalue weighted by Crippen LogP contribution is -2.61. The van der Waals surface area contributed by atoms with Crippen molar-refractivity contribution in [2.75, 3.05) is 45.2 Å². The number of piperidine rings is 1. The van der Waals surface area contributed by atoms with Gasteiger partial charge in [0.2, 0.25) is 18.2 Å². The molecule has 0 radical (unpaired) electrons. The summed E-state index contributed by atoms with van der Waals surface area (Å²) in [5.41, 5.74) is 5.10. The molecule has 42 heavy (non-hydrogen) atoms. The smallest absolute Gasteiger partial charge is 0.244 e. The van der Waals surface area contributed by atoms with Crippen LogP contribution in [0.4, 0.5) is 5.69 Å². The molecule has 1 aliphatic carbocycles. The van der Waals surface area contributed by atoms with E-state index in [9.17, 15) is 14.4 Å². The molecule has 3 N–H and O–H groups in total. The Balaban J connectivity index is 1.28. The summed E-state index contributed by atoms with van der Waals surface area (Å²) < 4.78 is 6.04. The predicted molar refractivity (Wildman–Crippen MR) is 156 cm³/mol. The highest BCUT2D eigenvalue weighted by molar-refractivity contribution is 6.30. The zero-order valence-corrected chi connectivity index (χ0v) is 25.1. The lowest BCUT2D eigenvalue weighted by molar-refractivity contribution is -0.153. The molecule has 1 unspecified atom stereocenters. The fourth-order valence-corrected chi connectivity index (χ4v) is 6.66. The molecule has 0 saturated carbocycles. The predicted octanol–water partition coefficient (Wildman–Crippen LogP) is 2.05. The van der Waals surface area contributed by atoms with E-state index in [2.05, 4.69) is 38.4 Å². The summed E-state index contributed by atoms with van der Waals surface area (Å²) in [6, 6.07) is 1.20. The Morgan fingerprint density at radius 3 is 2.79 bits per heavy atom. The van der Waals surface area contributed by atoms with Gasteiger partial charge in [0.1, 0.15) is 6.04 Å². The third kappa shape index (κ3) is 5.99. The first-order chi connectivity index (χ1) is 20.0. The number of ether oxygens (including phenoxy) is 1. The number of rotatable bonds is 8. The van der Waals surface area contributed by atoms with E-state index < -0.39 is 17.1 Å². The van der Waals surface area contributed by atoms with Crippen molar-refractivity contribution in [3.8, 4) is 0 Å². The lowest BCUT2D eigenvalue weighted by atomic mass is 9.76. The number of halogens is 1. The molecule has 14 heteroatoms. The van der Waals surface area contributed by atoms with Crippen LogP contribution in [0.25, 0.3) is 0 Å². The molecular formula is C28H38ClN9O4. The first-order valence-electron chi connectivity index (χ1n) is 14.1. The van der Waals surface area contributed by atoms with Crippen molar-refractivity contribution in [1.82, 2.24) is 30.6 Å². The molecule has 3 aliphatic heterocycles. The number of carbonyl (C=O) groups excluding carboxylic acids is 3. The minimum Gasteiger partial charge on any atom is -0.372 e. The van der Waals surface area contributed by atoms with E-state index >= 15 is 0 Å². The van der Waals surface area contributed by atoms with Crippen LogP contribution in [0.15, 0.2) is 51.3 Å². The van der Waals surface area contributed by atoms with Gasteiger partial charge in [-0.05, 0) is 57.7 Å². The molecule has 1 aromatic heterocycles. The molecular weight excluding hydrogens is 562 g/mol. The number of carbonyl (C=O) groups is 3. The number of hydrogen-bond acceptors (Lipinski definition) is 9. The Morgan fingerprint density at radius 2 is 2.07 bits per heavy atom. The Morgan fingerprint density at radius 1 is 1.31 bits per heavy atom. The molecule has 0 bridgehead atoms. The topological polar surface area (TPSA) is 144 Å². The largest absolute Gasteiger partial charge is 0.372 e. The number of pyridine rings is 1. The quantitative estimate of drug-likeness (QED) is 0.234. The van der Waals surface area contributed by atoms with Gasteiger partial charge in [0.25, 0.3) is 0 Å². The third-order valence-electron chi connectivity index (χ3n) is 8.46. The van der Waals surface area contributed by atoms with Crippen LogP contribution in [0.2, 0.25) is 0 Å². The number of nitrogens with zero attached hydrogens (tertiary/aromatic N) is 6. The number of amides is 3. The summed E-state index contributed by atoms with van der Waals surface area (Å²) in [7, 11) is 1.51. The minimum atomic E-state index is -0.674. The van der Waals surface area contributed by atoms with Crippen molar-refractivity contribution in [3.05, 3.63) is 46.5 Å². The fraction of sp³-hybridized carbons (Fsp3) is 0.571. The molecule has 3 amide bonds. The van der Waals surface area contributed by atoms with Gasteiger partial charge in [-0.3, -0.25) is 24.3 Å². The minimum absolute atomic E-state index is 0.0709.